The number of nitrogens with zero attached hydrogens (tertiary/aromatic N) is 5. The van der Waals surface area contributed by atoms with Gasteiger partial charge in [0, 0.05) is 26.1 Å². The number of likely N-dealkylation sites (N-methyl/N-ethyl adjacent to an activating group) is 1. The lowest BCUT2D eigenvalue weighted by Crippen LogP contribution is -2.38. The number of hydrogen-bond acceptors (Lipinski definition) is 5. The number of alkyl halides is 3. The van der Waals surface area contributed by atoms with Crippen molar-refractivity contribution in [2.45, 2.75) is 51.9 Å². The molecule has 1 unspecified atom stereocenters. The van der Waals surface area contributed by atoms with Crippen LogP contribution in [0.15, 0.2) is 24.3 Å². The Morgan fingerprint density at radius 1 is 1.14 bits per heavy atom. The van der Waals surface area contributed by atoms with Crippen LogP contribution in [-0.2, 0) is 35.2 Å². The molecule has 0 bridgehead atoms. The molecule has 1 aromatic heterocycles. The van der Waals surface area contributed by atoms with E-state index in [1.807, 2.05) is 18.7 Å². The first kappa shape index (κ1) is 26.7. The minimum Gasteiger partial charge on any atom is -0.345 e. The van der Waals surface area contributed by atoms with Gasteiger partial charge in [-0.2, -0.15) is 13.2 Å². The molecule has 2 aromatic rings. The third-order valence-electron chi connectivity index (χ3n) is 5.83. The molecule has 1 aromatic carbocycles. The van der Waals surface area contributed by atoms with Gasteiger partial charge in [-0.15, -0.1) is 10.2 Å². The summed E-state index contributed by atoms with van der Waals surface area (Å²) in [6.07, 6.45) is -3.39. The fourth-order valence-electron chi connectivity index (χ4n) is 4.22. The largest absolute Gasteiger partial charge is 0.416 e. The highest BCUT2D eigenvalue weighted by molar-refractivity contribution is 5.79. The van der Waals surface area contributed by atoms with Crippen LogP contribution in [0.4, 0.5) is 13.2 Å². The summed E-state index contributed by atoms with van der Waals surface area (Å²) in [6, 6.07) is 4.57. The van der Waals surface area contributed by atoms with Crippen molar-refractivity contribution in [3.63, 3.8) is 0 Å². The third kappa shape index (κ3) is 7.27. The van der Waals surface area contributed by atoms with E-state index in [1.54, 1.807) is 9.80 Å². The number of halogens is 3. The van der Waals surface area contributed by atoms with Gasteiger partial charge in [-0.1, -0.05) is 32.0 Å². The molecule has 0 saturated heterocycles. The van der Waals surface area contributed by atoms with Gasteiger partial charge in [0.05, 0.1) is 24.6 Å². The second kappa shape index (κ2) is 11.2. The van der Waals surface area contributed by atoms with E-state index in [2.05, 4.69) is 29.4 Å². The molecule has 8 nitrogen and oxygen atoms in total. The van der Waals surface area contributed by atoms with Gasteiger partial charge in [0.1, 0.15) is 5.82 Å². The molecule has 192 valence electrons. The van der Waals surface area contributed by atoms with Crippen LogP contribution in [0.5, 0.6) is 0 Å². The van der Waals surface area contributed by atoms with Crippen LogP contribution in [0.3, 0.4) is 0 Å². The molecule has 35 heavy (non-hydrogen) atoms. The fourth-order valence-corrected chi connectivity index (χ4v) is 4.22. The van der Waals surface area contributed by atoms with Crippen LogP contribution in [0.25, 0.3) is 0 Å². The summed E-state index contributed by atoms with van der Waals surface area (Å²) in [6.45, 7) is 5.63. The first-order valence-corrected chi connectivity index (χ1v) is 11.7. The Kier molecular flexibility index (Phi) is 8.52. The molecule has 1 aliphatic heterocycles. The molecule has 2 amide bonds. The Morgan fingerprint density at radius 2 is 1.89 bits per heavy atom. The Balaban J connectivity index is 1.71. The van der Waals surface area contributed by atoms with Crippen LogP contribution in [0.1, 0.15) is 49.1 Å². The fraction of sp³-hybridized carbons (Fsp3) is 0.583. The molecule has 0 saturated carbocycles. The van der Waals surface area contributed by atoms with Crippen molar-refractivity contribution in [2.75, 3.05) is 33.7 Å². The molecule has 1 atom stereocenters. The quantitative estimate of drug-likeness (QED) is 0.610. The number of carbonyl (C=O) groups excluding carboxylic acids is 2. The molecular formula is C24H33F3N6O2. The Labute approximate surface area is 203 Å². The normalized spacial score (nSPS) is 15.2. The van der Waals surface area contributed by atoms with Gasteiger partial charge < -0.3 is 19.7 Å². The lowest BCUT2D eigenvalue weighted by molar-refractivity contribution is -0.138. The summed E-state index contributed by atoms with van der Waals surface area (Å²) in [5.74, 6) is 1.36. The highest BCUT2D eigenvalue weighted by atomic mass is 19.4. The number of fused-ring (bicyclic) bond motifs is 1. The van der Waals surface area contributed by atoms with E-state index >= 15 is 0 Å². The van der Waals surface area contributed by atoms with Gasteiger partial charge in [0.2, 0.25) is 11.8 Å². The Morgan fingerprint density at radius 3 is 2.54 bits per heavy atom. The van der Waals surface area contributed by atoms with Gasteiger partial charge in [-0.25, -0.2) is 0 Å². The van der Waals surface area contributed by atoms with Crippen molar-refractivity contribution in [2.24, 2.45) is 5.92 Å². The zero-order valence-electron chi connectivity index (χ0n) is 20.6. The molecular weight excluding hydrogens is 461 g/mol. The average molecular weight is 495 g/mol. The second-order valence-electron chi connectivity index (χ2n) is 9.62. The average Bonchev–Trinajstić information content (AvgIpc) is 3.02. The van der Waals surface area contributed by atoms with E-state index in [4.69, 9.17) is 0 Å². The van der Waals surface area contributed by atoms with Crippen molar-refractivity contribution in [3.8, 4) is 0 Å². The molecule has 11 heteroatoms. The summed E-state index contributed by atoms with van der Waals surface area (Å²) in [7, 11) is 3.65. The lowest BCUT2D eigenvalue weighted by atomic mass is 10.0. The zero-order valence-corrected chi connectivity index (χ0v) is 20.6. The van der Waals surface area contributed by atoms with E-state index in [0.717, 1.165) is 18.0 Å². The Bertz CT molecular complexity index is 1030. The van der Waals surface area contributed by atoms with Crippen molar-refractivity contribution in [1.82, 2.24) is 29.9 Å². The smallest absolute Gasteiger partial charge is 0.345 e. The molecule has 1 aliphatic rings. The summed E-state index contributed by atoms with van der Waals surface area (Å²) in [5.41, 5.74) is -0.434. The summed E-state index contributed by atoms with van der Waals surface area (Å²) < 4.78 is 41.0. The number of amides is 2. The van der Waals surface area contributed by atoms with E-state index in [-0.39, 0.29) is 30.8 Å². The Hall–Kier alpha value is -2.95. The topological polar surface area (TPSA) is 83.4 Å². The summed E-state index contributed by atoms with van der Waals surface area (Å²) in [4.78, 5) is 28.8. The first-order chi connectivity index (χ1) is 16.4. The maximum absolute atomic E-state index is 13.0. The standard InChI is InChI=1S/C24H33F3N6O2/c1-16(2)12-19(28-21(34)15-31(3)4)23-30-29-20-8-9-32(10-11-33(20)23)22(35)14-17-6-5-7-18(13-17)24(25,26)27/h5-7,13,16,19H,8-12,14-15H2,1-4H3,(H,28,34). The maximum Gasteiger partial charge on any atom is 0.416 e. The predicted molar refractivity (Wildman–Crippen MR) is 124 cm³/mol. The lowest BCUT2D eigenvalue weighted by Gasteiger charge is -2.23. The number of nitrogens with one attached hydrogen (secondary N) is 1. The number of benzene rings is 1. The highest BCUT2D eigenvalue weighted by Gasteiger charge is 2.31. The molecule has 0 spiro atoms. The third-order valence-corrected chi connectivity index (χ3v) is 5.83. The number of carbonyl (C=O) groups is 2. The van der Waals surface area contributed by atoms with Gasteiger partial charge in [-0.05, 0) is 38.1 Å². The van der Waals surface area contributed by atoms with Crippen molar-refractivity contribution < 1.29 is 22.8 Å². The zero-order chi connectivity index (χ0) is 25.8. The molecule has 3 rings (SSSR count). The van der Waals surface area contributed by atoms with Gasteiger partial charge in [-0.3, -0.25) is 9.59 Å². The van der Waals surface area contributed by atoms with Gasteiger partial charge >= 0.3 is 6.18 Å². The van der Waals surface area contributed by atoms with E-state index < -0.39 is 11.7 Å². The second-order valence-corrected chi connectivity index (χ2v) is 9.62. The van der Waals surface area contributed by atoms with Gasteiger partial charge in [0.15, 0.2) is 5.82 Å². The van der Waals surface area contributed by atoms with Crippen LogP contribution < -0.4 is 5.32 Å². The molecule has 0 aliphatic carbocycles. The van der Waals surface area contributed by atoms with E-state index in [1.165, 1.54) is 12.1 Å². The van der Waals surface area contributed by atoms with Crippen molar-refractivity contribution in [3.05, 3.63) is 47.0 Å². The van der Waals surface area contributed by atoms with Crippen LogP contribution in [0, 0.1) is 5.92 Å². The number of aromatic nitrogens is 3. The summed E-state index contributed by atoms with van der Waals surface area (Å²) >= 11 is 0. The minimum atomic E-state index is -4.45. The molecule has 0 fully saturated rings. The highest BCUT2D eigenvalue weighted by Crippen LogP contribution is 2.30. The van der Waals surface area contributed by atoms with Crippen LogP contribution in [-0.4, -0.2) is 70.1 Å². The number of hydrogen-bond donors (Lipinski definition) is 1. The SMILES string of the molecule is CC(C)CC(NC(=O)CN(C)C)c1nnc2n1CCN(C(=O)Cc1cccc(C(F)(F)F)c1)CC2. The molecule has 1 N–H and O–H groups in total. The molecule has 0 radical (unpaired) electrons. The summed E-state index contributed by atoms with van der Waals surface area (Å²) in [5, 5.41) is 11.7. The monoisotopic (exact) mass is 494 g/mol. The molecule has 2 heterocycles. The van der Waals surface area contributed by atoms with E-state index in [0.29, 0.717) is 49.8 Å². The maximum atomic E-state index is 13.0. The predicted octanol–water partition coefficient (Wildman–Crippen LogP) is 2.69. The van der Waals surface area contributed by atoms with Crippen LogP contribution in [0.2, 0.25) is 0 Å². The van der Waals surface area contributed by atoms with Crippen LogP contribution >= 0.6 is 0 Å². The van der Waals surface area contributed by atoms with E-state index in [9.17, 15) is 22.8 Å². The number of rotatable bonds is 8. The first-order valence-electron chi connectivity index (χ1n) is 11.7. The van der Waals surface area contributed by atoms with Crippen molar-refractivity contribution >= 4 is 11.8 Å². The minimum absolute atomic E-state index is 0.103. The van der Waals surface area contributed by atoms with Crippen molar-refractivity contribution in [1.29, 1.82) is 0 Å². The van der Waals surface area contributed by atoms with Gasteiger partial charge in [0.25, 0.3) is 0 Å².